The Labute approximate surface area is 129 Å². The second kappa shape index (κ2) is 5.57. The van der Waals surface area contributed by atoms with Gasteiger partial charge in [-0.25, -0.2) is 4.39 Å². The van der Waals surface area contributed by atoms with Gasteiger partial charge in [0.2, 0.25) is 0 Å². The van der Waals surface area contributed by atoms with Crippen molar-refractivity contribution in [2.45, 2.75) is 4.83 Å². The predicted octanol–water partition coefficient (Wildman–Crippen LogP) is 6.44. The summed E-state index contributed by atoms with van der Waals surface area (Å²) in [5.74, 6) is -0.333. The summed E-state index contributed by atoms with van der Waals surface area (Å²) >= 11 is 20.2. The van der Waals surface area contributed by atoms with Crippen LogP contribution in [0.5, 0.6) is 0 Å². The number of rotatable bonds is 2. The molecule has 2 rings (SSSR count). The highest BCUT2D eigenvalue weighted by Gasteiger charge is 2.20. The molecule has 1 unspecified atom stereocenters. The van der Waals surface area contributed by atoms with Gasteiger partial charge in [0.15, 0.2) is 0 Å². The van der Waals surface area contributed by atoms with Crippen LogP contribution in [0.15, 0.2) is 28.1 Å². The monoisotopic (exact) mass is 416 g/mol. The first-order valence-electron chi connectivity index (χ1n) is 4.53. The molecular weight excluding hydrogens is 414 g/mol. The first-order valence-corrected chi connectivity index (χ1v) is 7.81. The molecule has 0 spiro atoms. The maximum Gasteiger partial charge on any atom is 0.129 e. The van der Waals surface area contributed by atoms with E-state index in [1.807, 2.05) is 0 Å². The molecule has 0 bridgehead atoms. The van der Waals surface area contributed by atoms with E-state index < -0.39 is 0 Å². The quantitative estimate of drug-likeness (QED) is 0.492. The average molecular weight is 419 g/mol. The van der Waals surface area contributed by atoms with Crippen LogP contribution in [0, 0.1) is 5.82 Å². The molecular formula is C11H5Br2Cl2FS. The van der Waals surface area contributed by atoms with Crippen molar-refractivity contribution in [3.63, 3.8) is 0 Å². The minimum absolute atomic E-state index is 0.301. The Morgan fingerprint density at radius 2 is 1.94 bits per heavy atom. The summed E-state index contributed by atoms with van der Waals surface area (Å²) in [6.45, 7) is 0. The van der Waals surface area contributed by atoms with Gasteiger partial charge in [0.1, 0.15) is 5.82 Å². The molecule has 0 aliphatic heterocycles. The van der Waals surface area contributed by atoms with E-state index in [-0.39, 0.29) is 10.6 Å². The highest BCUT2D eigenvalue weighted by molar-refractivity contribution is 9.11. The molecule has 1 aromatic carbocycles. The number of alkyl halides is 1. The third-order valence-corrected chi connectivity index (χ3v) is 6.29. The third-order valence-electron chi connectivity index (χ3n) is 2.17. The largest absolute Gasteiger partial charge is 0.207 e. The van der Waals surface area contributed by atoms with Crippen LogP contribution >= 0.6 is 66.4 Å². The van der Waals surface area contributed by atoms with Gasteiger partial charge in [-0.05, 0) is 34.1 Å². The molecule has 0 aliphatic carbocycles. The van der Waals surface area contributed by atoms with Gasteiger partial charge >= 0.3 is 0 Å². The van der Waals surface area contributed by atoms with Gasteiger partial charge in [-0.1, -0.05) is 45.2 Å². The topological polar surface area (TPSA) is 0 Å². The summed E-state index contributed by atoms with van der Waals surface area (Å²) in [5, 5.41) is 1.01. The molecule has 0 aliphatic rings. The van der Waals surface area contributed by atoms with Gasteiger partial charge < -0.3 is 0 Å². The van der Waals surface area contributed by atoms with Crippen LogP contribution in [0.4, 0.5) is 4.39 Å². The SMILES string of the molecule is Fc1cccc(Cl)c1C(Br)c1cc(Cl)c(Br)s1. The molecule has 0 N–H and O–H groups in total. The molecule has 1 aromatic heterocycles. The van der Waals surface area contributed by atoms with Crippen LogP contribution in [-0.4, -0.2) is 0 Å². The highest BCUT2D eigenvalue weighted by atomic mass is 79.9. The summed E-state index contributed by atoms with van der Waals surface area (Å²) in [7, 11) is 0. The Morgan fingerprint density at radius 3 is 2.47 bits per heavy atom. The average Bonchev–Trinajstić information content (AvgIpc) is 2.59. The number of thiophene rings is 1. The zero-order valence-electron chi connectivity index (χ0n) is 8.18. The zero-order valence-corrected chi connectivity index (χ0v) is 13.7. The van der Waals surface area contributed by atoms with E-state index in [2.05, 4.69) is 31.9 Å². The van der Waals surface area contributed by atoms with Crippen LogP contribution in [-0.2, 0) is 0 Å². The van der Waals surface area contributed by atoms with Crippen molar-refractivity contribution >= 4 is 66.4 Å². The molecule has 0 radical (unpaired) electrons. The molecule has 0 saturated carbocycles. The molecule has 1 heterocycles. The predicted molar refractivity (Wildman–Crippen MR) is 79.2 cm³/mol. The minimum atomic E-state index is -0.333. The molecule has 6 heteroatoms. The molecule has 0 fully saturated rings. The molecule has 90 valence electrons. The van der Waals surface area contributed by atoms with Crippen molar-refractivity contribution in [2.75, 3.05) is 0 Å². The number of hydrogen-bond acceptors (Lipinski definition) is 1. The van der Waals surface area contributed by atoms with Gasteiger partial charge in [-0.3, -0.25) is 0 Å². The van der Waals surface area contributed by atoms with Crippen LogP contribution in [0.3, 0.4) is 0 Å². The fourth-order valence-electron chi connectivity index (χ4n) is 1.38. The molecule has 1 atom stereocenters. The molecule has 17 heavy (non-hydrogen) atoms. The molecule has 0 saturated heterocycles. The Balaban J connectivity index is 2.47. The second-order valence-corrected chi connectivity index (χ2v) is 7.40. The Bertz CT molecular complexity index is 517. The second-order valence-electron chi connectivity index (χ2n) is 3.27. The van der Waals surface area contributed by atoms with Crippen molar-refractivity contribution < 1.29 is 4.39 Å². The van der Waals surface area contributed by atoms with E-state index in [9.17, 15) is 4.39 Å². The Kier molecular flexibility index (Phi) is 4.53. The Hall–Kier alpha value is 0.390. The van der Waals surface area contributed by atoms with Crippen molar-refractivity contribution in [3.05, 3.63) is 54.4 Å². The Morgan fingerprint density at radius 1 is 1.24 bits per heavy atom. The number of hydrogen-bond donors (Lipinski definition) is 0. The lowest BCUT2D eigenvalue weighted by molar-refractivity contribution is 0.614. The first kappa shape index (κ1) is 13.8. The van der Waals surface area contributed by atoms with Crippen LogP contribution < -0.4 is 0 Å². The van der Waals surface area contributed by atoms with E-state index in [1.54, 1.807) is 18.2 Å². The highest BCUT2D eigenvalue weighted by Crippen LogP contribution is 2.43. The van der Waals surface area contributed by atoms with Gasteiger partial charge in [0.25, 0.3) is 0 Å². The smallest absolute Gasteiger partial charge is 0.129 e. The minimum Gasteiger partial charge on any atom is -0.207 e. The van der Waals surface area contributed by atoms with E-state index in [0.29, 0.717) is 15.6 Å². The van der Waals surface area contributed by atoms with Gasteiger partial charge in [-0.15, -0.1) is 11.3 Å². The van der Waals surface area contributed by atoms with E-state index >= 15 is 0 Å². The van der Waals surface area contributed by atoms with Crippen molar-refractivity contribution in [1.82, 2.24) is 0 Å². The van der Waals surface area contributed by atoms with Crippen molar-refractivity contribution in [2.24, 2.45) is 0 Å². The summed E-state index contributed by atoms with van der Waals surface area (Å²) in [6.07, 6.45) is 0. The summed E-state index contributed by atoms with van der Waals surface area (Å²) in [4.78, 5) is 0.596. The molecule has 0 amide bonds. The first-order chi connectivity index (χ1) is 8.00. The maximum atomic E-state index is 13.7. The van der Waals surface area contributed by atoms with Crippen LogP contribution in [0.2, 0.25) is 10.0 Å². The van der Waals surface area contributed by atoms with Crippen LogP contribution in [0.25, 0.3) is 0 Å². The molecule has 2 aromatic rings. The lowest BCUT2D eigenvalue weighted by atomic mass is 10.1. The van der Waals surface area contributed by atoms with Gasteiger partial charge in [0, 0.05) is 15.5 Å². The van der Waals surface area contributed by atoms with Gasteiger partial charge in [-0.2, -0.15) is 0 Å². The van der Waals surface area contributed by atoms with Crippen molar-refractivity contribution in [3.8, 4) is 0 Å². The summed E-state index contributed by atoms with van der Waals surface area (Å²) < 4.78 is 14.6. The standard InChI is InChI=1S/C11H5Br2Cl2FS/c12-10(8-4-6(15)11(13)17-8)9-5(14)2-1-3-7(9)16/h1-4,10H. The fraction of sp³-hybridized carbons (Fsp3) is 0.0909. The lowest BCUT2D eigenvalue weighted by Gasteiger charge is -2.11. The third kappa shape index (κ3) is 2.87. The summed E-state index contributed by atoms with van der Waals surface area (Å²) in [6, 6.07) is 6.43. The van der Waals surface area contributed by atoms with E-state index in [0.717, 1.165) is 8.66 Å². The lowest BCUT2D eigenvalue weighted by Crippen LogP contribution is -1.95. The number of halogens is 5. The van der Waals surface area contributed by atoms with E-state index in [1.165, 1.54) is 17.4 Å². The van der Waals surface area contributed by atoms with Gasteiger partial charge in [0.05, 0.1) is 13.6 Å². The maximum absolute atomic E-state index is 13.7. The number of benzene rings is 1. The zero-order chi connectivity index (χ0) is 12.6. The summed E-state index contributed by atoms with van der Waals surface area (Å²) in [5.41, 5.74) is 0.430. The fourth-order valence-corrected chi connectivity index (χ4v) is 4.40. The normalized spacial score (nSPS) is 12.8. The molecule has 0 nitrogen and oxygen atoms in total. The van der Waals surface area contributed by atoms with Crippen LogP contribution in [0.1, 0.15) is 15.3 Å². The van der Waals surface area contributed by atoms with E-state index in [4.69, 9.17) is 23.2 Å². The van der Waals surface area contributed by atoms with Crippen molar-refractivity contribution in [1.29, 1.82) is 0 Å².